The number of amides is 2. The predicted molar refractivity (Wildman–Crippen MR) is 103 cm³/mol. The first-order valence-corrected chi connectivity index (χ1v) is 8.81. The lowest BCUT2D eigenvalue weighted by atomic mass is 9.96. The summed E-state index contributed by atoms with van der Waals surface area (Å²) in [7, 11) is 1.29. The summed E-state index contributed by atoms with van der Waals surface area (Å²) < 4.78 is 11.3. The molecule has 2 amide bonds. The van der Waals surface area contributed by atoms with Crippen molar-refractivity contribution in [1.29, 1.82) is 5.26 Å². The van der Waals surface area contributed by atoms with Crippen molar-refractivity contribution in [2.45, 2.75) is 6.92 Å². The molecule has 0 spiro atoms. The van der Waals surface area contributed by atoms with Crippen LogP contribution in [0.25, 0.3) is 17.4 Å². The quantitative estimate of drug-likeness (QED) is 0.445. The summed E-state index contributed by atoms with van der Waals surface area (Å²) in [5.74, 6) is -1.13. The molecule has 2 aromatic rings. The molecule has 0 radical (unpaired) electrons. The van der Waals surface area contributed by atoms with E-state index in [1.165, 1.54) is 20.1 Å². The molecule has 2 heterocycles. The van der Waals surface area contributed by atoms with Gasteiger partial charge in [-0.2, -0.15) is 5.26 Å². The summed E-state index contributed by atoms with van der Waals surface area (Å²) in [6.45, 7) is 1.52. The maximum absolute atomic E-state index is 12.1. The molecule has 3 rings (SSSR count). The number of hydrogen-bond acceptors (Lipinski definition) is 6. The van der Waals surface area contributed by atoms with Crippen LogP contribution in [0, 0.1) is 11.3 Å². The molecule has 0 atom stereocenters. The third kappa shape index (κ3) is 3.52. The van der Waals surface area contributed by atoms with Gasteiger partial charge in [0.1, 0.15) is 23.2 Å². The lowest BCUT2D eigenvalue weighted by Gasteiger charge is -2.15. The number of carbonyl (C=O) groups is 3. The van der Waals surface area contributed by atoms with E-state index in [1.807, 2.05) is 0 Å². The molecule has 28 heavy (non-hydrogen) atoms. The number of nitrogens with zero attached hydrogens (tertiary/aromatic N) is 1. The van der Waals surface area contributed by atoms with E-state index in [-0.39, 0.29) is 16.7 Å². The highest BCUT2D eigenvalue weighted by molar-refractivity contribution is 9.10. The Morgan fingerprint density at radius 3 is 2.68 bits per heavy atom. The van der Waals surface area contributed by atoms with Crippen LogP contribution in [0.4, 0.5) is 0 Å². The van der Waals surface area contributed by atoms with Crippen LogP contribution in [-0.4, -0.2) is 24.9 Å². The van der Waals surface area contributed by atoms with E-state index in [4.69, 9.17) is 14.4 Å². The van der Waals surface area contributed by atoms with Crippen LogP contribution in [-0.2, 0) is 14.3 Å². The van der Waals surface area contributed by atoms with Crippen molar-refractivity contribution >= 4 is 39.8 Å². The summed E-state index contributed by atoms with van der Waals surface area (Å²) >= 11 is 3.32. The van der Waals surface area contributed by atoms with Gasteiger partial charge in [-0.1, -0.05) is 15.9 Å². The topological polar surface area (TPSA) is 109 Å². The van der Waals surface area contributed by atoms with Gasteiger partial charge in [0.25, 0.3) is 11.8 Å². The highest BCUT2D eigenvalue weighted by Gasteiger charge is 2.28. The predicted octanol–water partition coefficient (Wildman–Crippen LogP) is 3.38. The number of benzene rings is 1. The number of methoxy groups -OCH3 is 1. The SMILES string of the molecule is COC(=O)c1cc(Br)ccc1-c1ccc(/C=C2\C(=O)NC(=O)C(C#N)=C2C)o1. The lowest BCUT2D eigenvalue weighted by molar-refractivity contribution is -0.126. The molecule has 1 aromatic carbocycles. The Labute approximate surface area is 168 Å². The minimum absolute atomic E-state index is 0.126. The van der Waals surface area contributed by atoms with Crippen molar-refractivity contribution in [3.05, 3.63) is 62.8 Å². The monoisotopic (exact) mass is 440 g/mol. The maximum atomic E-state index is 12.1. The average Bonchev–Trinajstić information content (AvgIpc) is 3.13. The molecule has 0 saturated carbocycles. The van der Waals surface area contributed by atoms with Crippen LogP contribution in [0.2, 0.25) is 0 Å². The van der Waals surface area contributed by atoms with Gasteiger partial charge in [0.2, 0.25) is 0 Å². The number of ether oxygens (including phenoxy) is 1. The zero-order valence-corrected chi connectivity index (χ0v) is 16.4. The summed E-state index contributed by atoms with van der Waals surface area (Å²) in [6.07, 6.45) is 1.44. The molecule has 1 aliphatic rings. The fourth-order valence-corrected chi connectivity index (χ4v) is 3.11. The van der Waals surface area contributed by atoms with Gasteiger partial charge in [0, 0.05) is 15.6 Å². The molecule has 0 bridgehead atoms. The number of halogens is 1. The fourth-order valence-electron chi connectivity index (χ4n) is 2.74. The second kappa shape index (κ2) is 7.66. The fraction of sp³-hybridized carbons (Fsp3) is 0.100. The smallest absolute Gasteiger partial charge is 0.338 e. The molecule has 140 valence electrons. The Kier molecular flexibility index (Phi) is 5.29. The van der Waals surface area contributed by atoms with Gasteiger partial charge in [-0.3, -0.25) is 14.9 Å². The zero-order chi connectivity index (χ0) is 20.4. The van der Waals surface area contributed by atoms with Gasteiger partial charge >= 0.3 is 5.97 Å². The van der Waals surface area contributed by atoms with Gasteiger partial charge in [-0.15, -0.1) is 0 Å². The van der Waals surface area contributed by atoms with Gasteiger partial charge in [0.15, 0.2) is 0 Å². The summed E-state index contributed by atoms with van der Waals surface area (Å²) in [5, 5.41) is 11.2. The summed E-state index contributed by atoms with van der Waals surface area (Å²) in [4.78, 5) is 35.9. The van der Waals surface area contributed by atoms with E-state index >= 15 is 0 Å². The van der Waals surface area contributed by atoms with Gasteiger partial charge in [-0.05, 0) is 48.9 Å². The van der Waals surface area contributed by atoms with Crippen LogP contribution < -0.4 is 5.32 Å². The highest BCUT2D eigenvalue weighted by Crippen LogP contribution is 2.30. The Hall–Kier alpha value is -3.44. The zero-order valence-electron chi connectivity index (χ0n) is 14.8. The van der Waals surface area contributed by atoms with E-state index in [1.54, 1.807) is 36.4 Å². The Morgan fingerprint density at radius 2 is 2.00 bits per heavy atom. The number of hydrogen-bond donors (Lipinski definition) is 1. The molecule has 1 N–H and O–H groups in total. The van der Waals surface area contributed by atoms with Crippen LogP contribution in [0.3, 0.4) is 0 Å². The van der Waals surface area contributed by atoms with Crippen LogP contribution >= 0.6 is 15.9 Å². The van der Waals surface area contributed by atoms with Gasteiger partial charge in [-0.25, -0.2) is 4.79 Å². The number of esters is 1. The minimum Gasteiger partial charge on any atom is -0.465 e. The molecule has 1 aromatic heterocycles. The number of nitriles is 1. The van der Waals surface area contributed by atoms with Crippen molar-refractivity contribution in [3.8, 4) is 17.4 Å². The molecule has 0 aliphatic carbocycles. The standard InChI is InChI=1S/C20H13BrN2O5/c1-10-14(18(24)23-19(25)16(10)9-22)8-12-4-6-17(28-12)13-5-3-11(21)7-15(13)20(26)27-2/h3-8H,1-2H3,(H,23,24,25)/b14-8-. The molecule has 7 nitrogen and oxygen atoms in total. The van der Waals surface area contributed by atoms with Crippen molar-refractivity contribution in [2.75, 3.05) is 7.11 Å². The second-order valence-corrected chi connectivity index (χ2v) is 6.75. The third-order valence-corrected chi connectivity index (χ3v) is 4.65. The van der Waals surface area contributed by atoms with E-state index in [2.05, 4.69) is 21.2 Å². The number of imide groups is 1. The molecule has 0 unspecified atom stereocenters. The Balaban J connectivity index is 2.05. The molecule has 1 aliphatic heterocycles. The van der Waals surface area contributed by atoms with E-state index in [0.29, 0.717) is 27.1 Å². The van der Waals surface area contributed by atoms with Crippen molar-refractivity contribution < 1.29 is 23.5 Å². The maximum Gasteiger partial charge on any atom is 0.338 e. The molecular formula is C20H13BrN2O5. The highest BCUT2D eigenvalue weighted by atomic mass is 79.9. The van der Waals surface area contributed by atoms with Crippen LogP contribution in [0.15, 0.2) is 55.9 Å². The van der Waals surface area contributed by atoms with Gasteiger partial charge in [0.05, 0.1) is 12.7 Å². The molecule has 0 saturated heterocycles. The number of carbonyl (C=O) groups excluding carboxylic acids is 3. The largest absolute Gasteiger partial charge is 0.465 e. The molecule has 0 fully saturated rings. The van der Waals surface area contributed by atoms with E-state index in [0.717, 1.165) is 0 Å². The minimum atomic E-state index is -0.722. The van der Waals surface area contributed by atoms with Gasteiger partial charge < -0.3 is 9.15 Å². The number of nitrogens with one attached hydrogen (secondary N) is 1. The molecule has 8 heteroatoms. The Bertz CT molecular complexity index is 1120. The lowest BCUT2D eigenvalue weighted by Crippen LogP contribution is -2.37. The average molecular weight is 441 g/mol. The first-order chi connectivity index (χ1) is 13.3. The summed E-state index contributed by atoms with van der Waals surface area (Å²) in [5.41, 5.74) is 1.13. The van der Waals surface area contributed by atoms with E-state index in [9.17, 15) is 14.4 Å². The third-order valence-electron chi connectivity index (χ3n) is 4.16. The summed E-state index contributed by atoms with van der Waals surface area (Å²) in [6, 6.07) is 10.1. The Morgan fingerprint density at radius 1 is 1.25 bits per heavy atom. The van der Waals surface area contributed by atoms with Crippen LogP contribution in [0.5, 0.6) is 0 Å². The molecular weight excluding hydrogens is 428 g/mol. The van der Waals surface area contributed by atoms with Crippen molar-refractivity contribution in [3.63, 3.8) is 0 Å². The first-order valence-electron chi connectivity index (χ1n) is 8.02. The van der Waals surface area contributed by atoms with E-state index < -0.39 is 17.8 Å². The van der Waals surface area contributed by atoms with Crippen molar-refractivity contribution in [1.82, 2.24) is 5.32 Å². The van der Waals surface area contributed by atoms with Crippen molar-refractivity contribution in [2.24, 2.45) is 0 Å². The van der Waals surface area contributed by atoms with Crippen LogP contribution in [0.1, 0.15) is 23.0 Å². The normalized spacial score (nSPS) is 15.4. The first kappa shape index (κ1) is 19.3. The second-order valence-electron chi connectivity index (χ2n) is 5.84. The number of rotatable bonds is 3. The number of furan rings is 1.